The third kappa shape index (κ3) is 2.17. The second-order valence-corrected chi connectivity index (χ2v) is 3.58. The average molecular weight is 220 g/mol. The minimum absolute atomic E-state index is 0.159. The van der Waals surface area contributed by atoms with E-state index in [-0.39, 0.29) is 15.4 Å². The van der Waals surface area contributed by atoms with Gasteiger partial charge in [0.25, 0.3) is 0 Å². The van der Waals surface area contributed by atoms with Crippen molar-refractivity contribution >= 4 is 35.9 Å². The standard InChI is InChI=1S/C7H7BClFO2S/c1-13-7-5(9)3-2-4(6(7)10)8(11)12/h2-3,11-12H,1H3. The first-order chi connectivity index (χ1) is 6.07. The Balaban J connectivity index is 3.27. The third-order valence-corrected chi connectivity index (χ3v) is 2.80. The fraction of sp³-hybridized carbons (Fsp3) is 0.143. The van der Waals surface area contributed by atoms with Gasteiger partial charge in [0, 0.05) is 5.46 Å². The molecular formula is C7H7BClFO2S. The van der Waals surface area contributed by atoms with E-state index in [9.17, 15) is 4.39 Å². The Morgan fingerprint density at radius 1 is 1.46 bits per heavy atom. The molecule has 1 aromatic carbocycles. The van der Waals surface area contributed by atoms with Crippen molar-refractivity contribution in [2.75, 3.05) is 6.26 Å². The zero-order valence-electron chi connectivity index (χ0n) is 6.79. The van der Waals surface area contributed by atoms with Crippen LogP contribution in [0.5, 0.6) is 0 Å². The fourth-order valence-corrected chi connectivity index (χ4v) is 1.87. The van der Waals surface area contributed by atoms with E-state index in [4.69, 9.17) is 21.6 Å². The summed E-state index contributed by atoms with van der Waals surface area (Å²) in [5, 5.41) is 17.8. The van der Waals surface area contributed by atoms with Crippen LogP contribution in [0.25, 0.3) is 0 Å². The molecule has 0 radical (unpaired) electrons. The quantitative estimate of drug-likeness (QED) is 0.574. The Morgan fingerprint density at radius 3 is 2.54 bits per heavy atom. The molecule has 70 valence electrons. The molecule has 0 aromatic heterocycles. The molecule has 0 spiro atoms. The van der Waals surface area contributed by atoms with E-state index in [1.54, 1.807) is 6.26 Å². The van der Waals surface area contributed by atoms with Crippen molar-refractivity contribution in [3.63, 3.8) is 0 Å². The van der Waals surface area contributed by atoms with Crippen molar-refractivity contribution in [3.8, 4) is 0 Å². The van der Waals surface area contributed by atoms with E-state index in [2.05, 4.69) is 0 Å². The lowest BCUT2D eigenvalue weighted by molar-refractivity contribution is 0.422. The van der Waals surface area contributed by atoms with Crippen LogP contribution in [0.3, 0.4) is 0 Å². The number of hydrogen-bond acceptors (Lipinski definition) is 3. The summed E-state index contributed by atoms with van der Waals surface area (Å²) < 4.78 is 13.4. The molecule has 0 unspecified atom stereocenters. The highest BCUT2D eigenvalue weighted by Gasteiger charge is 2.20. The predicted molar refractivity (Wildman–Crippen MR) is 53.0 cm³/mol. The lowest BCUT2D eigenvalue weighted by Crippen LogP contribution is -2.33. The van der Waals surface area contributed by atoms with E-state index in [0.29, 0.717) is 0 Å². The lowest BCUT2D eigenvalue weighted by atomic mass is 9.80. The molecule has 13 heavy (non-hydrogen) atoms. The smallest absolute Gasteiger partial charge is 0.423 e. The van der Waals surface area contributed by atoms with Gasteiger partial charge in [0.05, 0.1) is 9.92 Å². The maximum absolute atomic E-state index is 13.4. The summed E-state index contributed by atoms with van der Waals surface area (Å²) in [6.07, 6.45) is 1.66. The van der Waals surface area contributed by atoms with Gasteiger partial charge < -0.3 is 10.0 Å². The molecule has 2 nitrogen and oxygen atoms in total. The van der Waals surface area contributed by atoms with Crippen molar-refractivity contribution in [1.29, 1.82) is 0 Å². The first-order valence-electron chi connectivity index (χ1n) is 3.46. The number of thioether (sulfide) groups is 1. The van der Waals surface area contributed by atoms with E-state index >= 15 is 0 Å². The molecule has 0 bridgehead atoms. The van der Waals surface area contributed by atoms with Crippen LogP contribution in [-0.2, 0) is 0 Å². The molecule has 6 heteroatoms. The van der Waals surface area contributed by atoms with Crippen LogP contribution in [0.15, 0.2) is 17.0 Å². The first kappa shape index (κ1) is 10.9. The molecule has 0 aliphatic heterocycles. The largest absolute Gasteiger partial charge is 0.491 e. The molecule has 0 saturated heterocycles. The van der Waals surface area contributed by atoms with Gasteiger partial charge in [0.15, 0.2) is 0 Å². The second-order valence-electron chi connectivity index (χ2n) is 2.36. The lowest BCUT2D eigenvalue weighted by Gasteiger charge is -2.06. The zero-order chi connectivity index (χ0) is 10.0. The third-order valence-electron chi connectivity index (χ3n) is 1.56. The summed E-state index contributed by atoms with van der Waals surface area (Å²) in [4.78, 5) is 0.229. The van der Waals surface area contributed by atoms with Gasteiger partial charge in [-0.25, -0.2) is 4.39 Å². The van der Waals surface area contributed by atoms with E-state index < -0.39 is 12.9 Å². The molecule has 2 N–H and O–H groups in total. The van der Waals surface area contributed by atoms with Gasteiger partial charge in [-0.15, -0.1) is 11.8 Å². The zero-order valence-corrected chi connectivity index (χ0v) is 8.36. The van der Waals surface area contributed by atoms with Gasteiger partial charge >= 0.3 is 7.12 Å². The Morgan fingerprint density at radius 2 is 2.08 bits per heavy atom. The number of hydrogen-bond donors (Lipinski definition) is 2. The van der Waals surface area contributed by atoms with Crippen LogP contribution in [0.2, 0.25) is 5.02 Å². The number of rotatable bonds is 2. The SMILES string of the molecule is CSc1c(Cl)ccc(B(O)O)c1F. The Kier molecular flexibility index (Phi) is 3.61. The topological polar surface area (TPSA) is 40.5 Å². The van der Waals surface area contributed by atoms with E-state index in [1.807, 2.05) is 0 Å². The van der Waals surface area contributed by atoms with E-state index in [0.717, 1.165) is 11.8 Å². The van der Waals surface area contributed by atoms with Crippen molar-refractivity contribution < 1.29 is 14.4 Å². The van der Waals surface area contributed by atoms with Gasteiger partial charge in [0.1, 0.15) is 5.82 Å². The minimum Gasteiger partial charge on any atom is -0.423 e. The summed E-state index contributed by atoms with van der Waals surface area (Å²) in [6.45, 7) is 0. The second kappa shape index (κ2) is 4.33. The van der Waals surface area contributed by atoms with Crippen molar-refractivity contribution in [3.05, 3.63) is 23.0 Å². The monoisotopic (exact) mass is 220 g/mol. The van der Waals surface area contributed by atoms with Gasteiger partial charge in [-0.3, -0.25) is 0 Å². The van der Waals surface area contributed by atoms with Gasteiger partial charge in [-0.1, -0.05) is 17.7 Å². The Hall–Kier alpha value is -0.225. The molecule has 1 aromatic rings. The van der Waals surface area contributed by atoms with Crippen LogP contribution >= 0.6 is 23.4 Å². The Bertz CT molecular complexity index is 322. The molecule has 0 fully saturated rings. The molecular weight excluding hydrogens is 213 g/mol. The summed E-state index contributed by atoms with van der Waals surface area (Å²) in [5.41, 5.74) is -0.159. The normalized spacial score (nSPS) is 10.2. The first-order valence-corrected chi connectivity index (χ1v) is 5.06. The van der Waals surface area contributed by atoms with Crippen molar-refractivity contribution in [1.82, 2.24) is 0 Å². The molecule has 0 aliphatic carbocycles. The molecule has 1 rings (SSSR count). The summed E-state index contributed by atoms with van der Waals surface area (Å²) in [6, 6.07) is 2.69. The van der Waals surface area contributed by atoms with Crippen molar-refractivity contribution in [2.45, 2.75) is 4.90 Å². The highest BCUT2D eigenvalue weighted by atomic mass is 35.5. The van der Waals surface area contributed by atoms with Gasteiger partial charge in [-0.05, 0) is 12.3 Å². The molecule has 0 atom stereocenters. The average Bonchev–Trinajstić information content (AvgIpc) is 2.04. The Labute approximate surface area is 84.9 Å². The maximum atomic E-state index is 13.4. The van der Waals surface area contributed by atoms with Crippen LogP contribution in [0.1, 0.15) is 0 Å². The highest BCUT2D eigenvalue weighted by Crippen LogP contribution is 2.26. The van der Waals surface area contributed by atoms with E-state index in [1.165, 1.54) is 12.1 Å². The van der Waals surface area contributed by atoms with Crippen LogP contribution in [-0.4, -0.2) is 23.4 Å². The molecule has 0 saturated carbocycles. The predicted octanol–water partition coefficient (Wildman–Crippen LogP) is 0.881. The fourth-order valence-electron chi connectivity index (χ4n) is 0.934. The molecule has 0 amide bonds. The van der Waals surface area contributed by atoms with Crippen molar-refractivity contribution in [2.24, 2.45) is 0 Å². The minimum atomic E-state index is -1.80. The maximum Gasteiger partial charge on any atom is 0.491 e. The summed E-state index contributed by atoms with van der Waals surface area (Å²) >= 11 is 6.81. The molecule has 0 heterocycles. The highest BCUT2D eigenvalue weighted by molar-refractivity contribution is 7.98. The number of benzene rings is 1. The van der Waals surface area contributed by atoms with Crippen LogP contribution in [0, 0.1) is 5.82 Å². The summed E-state index contributed by atoms with van der Waals surface area (Å²) in [5.74, 6) is -0.671. The van der Waals surface area contributed by atoms with Crippen LogP contribution in [0.4, 0.5) is 4.39 Å². The molecule has 0 aliphatic rings. The number of halogens is 2. The van der Waals surface area contributed by atoms with Gasteiger partial charge in [-0.2, -0.15) is 0 Å². The summed E-state index contributed by atoms with van der Waals surface area (Å²) in [7, 11) is -1.80. The van der Waals surface area contributed by atoms with Crippen LogP contribution < -0.4 is 5.46 Å². The van der Waals surface area contributed by atoms with Gasteiger partial charge in [0.2, 0.25) is 0 Å².